The highest BCUT2D eigenvalue weighted by molar-refractivity contribution is 6.02. The van der Waals surface area contributed by atoms with E-state index in [9.17, 15) is 14.4 Å². The number of rotatable bonds is 13. The number of benzene rings is 3. The van der Waals surface area contributed by atoms with Gasteiger partial charge >= 0.3 is 0 Å². The number of hydrogen-bond acceptors (Lipinski definition) is 5. The average Bonchev–Trinajstić information content (AvgIpc) is 3.03. The van der Waals surface area contributed by atoms with Gasteiger partial charge in [-0.15, -0.1) is 0 Å². The molecule has 1 unspecified atom stereocenters. The van der Waals surface area contributed by atoms with Crippen LogP contribution in [0.2, 0.25) is 0 Å². The first kappa shape index (κ1) is 30.9. The van der Waals surface area contributed by atoms with Gasteiger partial charge in [-0.1, -0.05) is 93.1 Å². The summed E-state index contributed by atoms with van der Waals surface area (Å²) in [7, 11) is 0. The number of piperazine rings is 1. The molecule has 1 fully saturated rings. The second-order valence-corrected chi connectivity index (χ2v) is 10.7. The second kappa shape index (κ2) is 15.8. The Balaban J connectivity index is 1.35. The maximum atomic E-state index is 13.3. The smallest absolute Gasteiger partial charge is 0.252 e. The molecule has 0 aliphatic carbocycles. The number of nitrogens with one attached hydrogen (secondary N) is 2. The van der Waals surface area contributed by atoms with Crippen LogP contribution in [0, 0.1) is 0 Å². The van der Waals surface area contributed by atoms with Crippen LogP contribution in [0.25, 0.3) is 12.2 Å². The minimum absolute atomic E-state index is 0.148. The van der Waals surface area contributed by atoms with Crippen LogP contribution in [0.1, 0.15) is 64.1 Å². The van der Waals surface area contributed by atoms with E-state index in [2.05, 4.69) is 51.6 Å². The SMILES string of the molecule is CCCC(NC(=O)c1ccccc1C=Cc1ccc(CN2CCN(CC)CC2)cc1)C(=O)CNC(=O)c1ccccc1. The van der Waals surface area contributed by atoms with Crippen LogP contribution in [0.4, 0.5) is 0 Å². The first-order chi connectivity index (χ1) is 20.5. The standard InChI is InChI=1S/C35H42N4O3/c1-3-10-32(33(40)25-36-34(41)30-12-6-5-7-13-30)37-35(42)31-14-9-8-11-29(31)20-19-27-15-17-28(18-16-27)26-39-23-21-38(4-2)22-24-39/h5-9,11-20,32H,3-4,10,21-26H2,1-2H3,(H,36,41)(H,37,42). The van der Waals surface area contributed by atoms with E-state index in [1.807, 2.05) is 43.3 Å². The van der Waals surface area contributed by atoms with Gasteiger partial charge in [0.1, 0.15) is 0 Å². The first-order valence-electron chi connectivity index (χ1n) is 14.9. The average molecular weight is 567 g/mol. The summed E-state index contributed by atoms with van der Waals surface area (Å²) in [5, 5.41) is 5.58. The molecule has 1 aliphatic rings. The van der Waals surface area contributed by atoms with Crippen molar-refractivity contribution in [1.29, 1.82) is 0 Å². The third-order valence-corrected chi connectivity index (χ3v) is 7.69. The number of nitrogens with zero attached hydrogens (tertiary/aromatic N) is 2. The molecule has 42 heavy (non-hydrogen) atoms. The summed E-state index contributed by atoms with van der Waals surface area (Å²) < 4.78 is 0. The summed E-state index contributed by atoms with van der Waals surface area (Å²) in [6, 6.07) is 24.0. The van der Waals surface area contributed by atoms with Gasteiger partial charge in [-0.25, -0.2) is 0 Å². The summed E-state index contributed by atoms with van der Waals surface area (Å²) >= 11 is 0. The first-order valence-corrected chi connectivity index (χ1v) is 14.9. The minimum atomic E-state index is -0.687. The van der Waals surface area contributed by atoms with Crippen molar-refractivity contribution in [3.8, 4) is 0 Å². The van der Waals surface area contributed by atoms with Gasteiger partial charge in [0.05, 0.1) is 12.6 Å². The fourth-order valence-corrected chi connectivity index (χ4v) is 5.11. The molecular weight excluding hydrogens is 524 g/mol. The number of Topliss-reactive ketones (excluding diaryl/α,β-unsaturated/α-hetero) is 1. The summed E-state index contributed by atoms with van der Waals surface area (Å²) in [5.41, 5.74) is 4.11. The lowest BCUT2D eigenvalue weighted by atomic mass is 10.0. The molecule has 220 valence electrons. The van der Waals surface area contributed by atoms with Crippen molar-refractivity contribution in [1.82, 2.24) is 20.4 Å². The van der Waals surface area contributed by atoms with Crippen molar-refractivity contribution in [2.75, 3.05) is 39.3 Å². The van der Waals surface area contributed by atoms with Gasteiger partial charge in [0, 0.05) is 43.9 Å². The molecular formula is C35H42N4O3. The zero-order valence-electron chi connectivity index (χ0n) is 24.7. The van der Waals surface area contributed by atoms with Gasteiger partial charge in [-0.3, -0.25) is 19.3 Å². The Morgan fingerprint density at radius 2 is 1.45 bits per heavy atom. The number of carbonyl (C=O) groups is 3. The van der Waals surface area contributed by atoms with E-state index >= 15 is 0 Å². The molecule has 0 spiro atoms. The summed E-state index contributed by atoms with van der Waals surface area (Å²) in [6.45, 7) is 10.6. The van der Waals surface area contributed by atoms with Crippen molar-refractivity contribution in [2.45, 2.75) is 39.3 Å². The van der Waals surface area contributed by atoms with E-state index < -0.39 is 6.04 Å². The Kier molecular flexibility index (Phi) is 11.6. The molecule has 4 rings (SSSR count). The van der Waals surface area contributed by atoms with Crippen LogP contribution < -0.4 is 10.6 Å². The molecule has 0 saturated carbocycles. The molecule has 2 N–H and O–H groups in total. The van der Waals surface area contributed by atoms with Crippen molar-refractivity contribution >= 4 is 29.7 Å². The fourth-order valence-electron chi connectivity index (χ4n) is 5.11. The summed E-state index contributed by atoms with van der Waals surface area (Å²) in [4.78, 5) is 43.6. The Hall–Kier alpha value is -4.07. The van der Waals surface area contributed by atoms with E-state index in [4.69, 9.17) is 0 Å². The van der Waals surface area contributed by atoms with Crippen LogP contribution in [0.15, 0.2) is 78.9 Å². The molecule has 7 nitrogen and oxygen atoms in total. The van der Waals surface area contributed by atoms with E-state index in [0.717, 1.165) is 56.8 Å². The number of hydrogen-bond donors (Lipinski definition) is 2. The number of carbonyl (C=O) groups excluding carboxylic acids is 3. The molecule has 7 heteroatoms. The maximum Gasteiger partial charge on any atom is 0.252 e. The van der Waals surface area contributed by atoms with Crippen LogP contribution in [-0.4, -0.2) is 72.7 Å². The van der Waals surface area contributed by atoms with Crippen LogP contribution in [0.5, 0.6) is 0 Å². The van der Waals surface area contributed by atoms with Gasteiger partial charge in [-0.2, -0.15) is 0 Å². The highest BCUT2D eigenvalue weighted by Gasteiger charge is 2.22. The van der Waals surface area contributed by atoms with Crippen LogP contribution >= 0.6 is 0 Å². The molecule has 3 aromatic rings. The zero-order valence-corrected chi connectivity index (χ0v) is 24.7. The lowest BCUT2D eigenvalue weighted by molar-refractivity contribution is -0.120. The van der Waals surface area contributed by atoms with Crippen molar-refractivity contribution in [2.24, 2.45) is 0 Å². The van der Waals surface area contributed by atoms with E-state index in [-0.39, 0.29) is 24.1 Å². The molecule has 1 atom stereocenters. The van der Waals surface area contributed by atoms with Crippen LogP contribution in [0.3, 0.4) is 0 Å². The van der Waals surface area contributed by atoms with Gasteiger partial charge in [0.25, 0.3) is 11.8 Å². The monoisotopic (exact) mass is 566 g/mol. The van der Waals surface area contributed by atoms with Crippen LogP contribution in [-0.2, 0) is 11.3 Å². The van der Waals surface area contributed by atoms with Gasteiger partial charge in [0.2, 0.25) is 0 Å². The molecule has 1 heterocycles. The summed E-state index contributed by atoms with van der Waals surface area (Å²) in [6.07, 6.45) is 5.15. The Labute approximate surface area is 249 Å². The topological polar surface area (TPSA) is 81.8 Å². The molecule has 0 aromatic heterocycles. The molecule has 3 aromatic carbocycles. The molecule has 0 radical (unpaired) electrons. The normalized spacial score (nSPS) is 14.9. The van der Waals surface area contributed by atoms with Gasteiger partial charge < -0.3 is 15.5 Å². The van der Waals surface area contributed by atoms with Crippen molar-refractivity contribution in [3.05, 3.63) is 107 Å². The quantitative estimate of drug-likeness (QED) is 0.288. The largest absolute Gasteiger partial charge is 0.345 e. The van der Waals surface area contributed by atoms with Crippen molar-refractivity contribution < 1.29 is 14.4 Å². The lowest BCUT2D eigenvalue weighted by Crippen LogP contribution is -2.45. The zero-order chi connectivity index (χ0) is 29.7. The van der Waals surface area contributed by atoms with E-state index in [0.29, 0.717) is 17.5 Å². The highest BCUT2D eigenvalue weighted by Crippen LogP contribution is 2.16. The lowest BCUT2D eigenvalue weighted by Gasteiger charge is -2.34. The second-order valence-electron chi connectivity index (χ2n) is 10.7. The van der Waals surface area contributed by atoms with E-state index in [1.165, 1.54) is 5.56 Å². The third-order valence-electron chi connectivity index (χ3n) is 7.69. The minimum Gasteiger partial charge on any atom is -0.345 e. The Morgan fingerprint density at radius 3 is 2.14 bits per heavy atom. The molecule has 1 aliphatic heterocycles. The maximum absolute atomic E-state index is 13.3. The van der Waals surface area contributed by atoms with E-state index in [1.54, 1.807) is 30.3 Å². The fraction of sp³-hybridized carbons (Fsp3) is 0.343. The summed E-state index contributed by atoms with van der Waals surface area (Å²) in [5.74, 6) is -0.853. The van der Waals surface area contributed by atoms with Crippen molar-refractivity contribution in [3.63, 3.8) is 0 Å². The number of likely N-dealkylation sites (N-methyl/N-ethyl adjacent to an activating group) is 1. The predicted octanol–water partition coefficient (Wildman–Crippen LogP) is 4.89. The Bertz CT molecular complexity index is 1350. The number of ketones is 1. The Morgan fingerprint density at radius 1 is 0.786 bits per heavy atom. The van der Waals surface area contributed by atoms with Gasteiger partial charge in [0.15, 0.2) is 5.78 Å². The van der Waals surface area contributed by atoms with Gasteiger partial charge in [-0.05, 0) is 47.9 Å². The molecule has 1 saturated heterocycles. The predicted molar refractivity (Wildman–Crippen MR) is 169 cm³/mol. The molecule has 2 amide bonds. The number of amides is 2. The third kappa shape index (κ3) is 8.96. The highest BCUT2D eigenvalue weighted by atomic mass is 16.2. The molecule has 0 bridgehead atoms.